The maximum atomic E-state index is 12.9. The number of amides is 2. The second kappa shape index (κ2) is 6.97. The lowest BCUT2D eigenvalue weighted by molar-refractivity contribution is -0.179. The van der Waals surface area contributed by atoms with Crippen molar-refractivity contribution in [2.24, 2.45) is 0 Å². The van der Waals surface area contributed by atoms with Crippen LogP contribution in [0.15, 0.2) is 29.2 Å². The Kier molecular flexibility index (Phi) is 4.79. The number of sulfonamides is 1. The van der Waals surface area contributed by atoms with E-state index in [0.29, 0.717) is 64.1 Å². The standard InChI is InChI=1S/C18H22N2O6S/c21-16-2-1-3-17(22)20(16)14-4-6-15(7-5-14)27(23,24)19-10-8-18(9-11-19)25-12-13-26-18/h4-7H,1-3,8-13H2. The maximum absolute atomic E-state index is 12.9. The van der Waals surface area contributed by atoms with E-state index in [-0.39, 0.29) is 16.7 Å². The molecule has 146 valence electrons. The fourth-order valence-corrected chi connectivity index (χ4v) is 5.25. The highest BCUT2D eigenvalue weighted by Gasteiger charge is 2.42. The van der Waals surface area contributed by atoms with E-state index in [1.54, 1.807) is 0 Å². The van der Waals surface area contributed by atoms with E-state index in [0.717, 1.165) is 4.90 Å². The van der Waals surface area contributed by atoms with Crippen LogP contribution in [-0.2, 0) is 29.1 Å². The molecule has 3 aliphatic rings. The zero-order valence-corrected chi connectivity index (χ0v) is 15.7. The van der Waals surface area contributed by atoms with E-state index < -0.39 is 15.8 Å². The van der Waals surface area contributed by atoms with Gasteiger partial charge < -0.3 is 9.47 Å². The number of nitrogens with zero attached hydrogens (tertiary/aromatic N) is 2. The molecule has 1 aromatic rings. The van der Waals surface area contributed by atoms with Crippen LogP contribution in [0.3, 0.4) is 0 Å². The molecule has 4 rings (SSSR count). The van der Waals surface area contributed by atoms with Gasteiger partial charge in [-0.1, -0.05) is 0 Å². The Morgan fingerprint density at radius 1 is 0.889 bits per heavy atom. The SMILES string of the molecule is O=C1CCCC(=O)N1c1ccc(S(=O)(=O)N2CCC3(CC2)OCCO3)cc1. The molecule has 0 aliphatic carbocycles. The largest absolute Gasteiger partial charge is 0.347 e. The average Bonchev–Trinajstić information content (AvgIpc) is 3.10. The molecule has 0 N–H and O–H groups in total. The molecule has 2 amide bonds. The van der Waals surface area contributed by atoms with Crippen LogP contribution < -0.4 is 4.90 Å². The summed E-state index contributed by atoms with van der Waals surface area (Å²) in [7, 11) is -3.65. The molecule has 3 aliphatic heterocycles. The molecule has 0 aromatic heterocycles. The van der Waals surface area contributed by atoms with Gasteiger partial charge in [-0.05, 0) is 30.7 Å². The maximum Gasteiger partial charge on any atom is 0.243 e. The molecule has 0 unspecified atom stereocenters. The molecule has 8 nitrogen and oxygen atoms in total. The van der Waals surface area contributed by atoms with E-state index in [2.05, 4.69) is 0 Å². The van der Waals surface area contributed by atoms with Crippen molar-refractivity contribution in [1.29, 1.82) is 0 Å². The first-order valence-electron chi connectivity index (χ1n) is 9.15. The summed E-state index contributed by atoms with van der Waals surface area (Å²) in [6.07, 6.45) is 2.21. The first-order valence-corrected chi connectivity index (χ1v) is 10.6. The predicted molar refractivity (Wildman–Crippen MR) is 95.4 cm³/mol. The van der Waals surface area contributed by atoms with Crippen LogP contribution in [0.25, 0.3) is 0 Å². The Bertz CT molecular complexity index is 819. The zero-order valence-electron chi connectivity index (χ0n) is 14.9. The van der Waals surface area contributed by atoms with Crippen molar-refractivity contribution >= 4 is 27.5 Å². The molecule has 3 fully saturated rings. The molecule has 27 heavy (non-hydrogen) atoms. The molecule has 0 atom stereocenters. The molecule has 1 spiro atoms. The minimum Gasteiger partial charge on any atom is -0.347 e. The smallest absolute Gasteiger partial charge is 0.243 e. The lowest BCUT2D eigenvalue weighted by Crippen LogP contribution is -2.47. The lowest BCUT2D eigenvalue weighted by atomic mass is 10.1. The summed E-state index contributed by atoms with van der Waals surface area (Å²) >= 11 is 0. The summed E-state index contributed by atoms with van der Waals surface area (Å²) in [4.78, 5) is 25.3. The molecule has 0 saturated carbocycles. The average molecular weight is 394 g/mol. The van der Waals surface area contributed by atoms with Crippen molar-refractivity contribution in [3.63, 3.8) is 0 Å². The zero-order chi connectivity index (χ0) is 19.1. The summed E-state index contributed by atoms with van der Waals surface area (Å²) in [5.74, 6) is -1.13. The molecule has 0 radical (unpaired) electrons. The van der Waals surface area contributed by atoms with Crippen LogP contribution in [0.4, 0.5) is 5.69 Å². The Balaban J connectivity index is 1.49. The van der Waals surface area contributed by atoms with Crippen molar-refractivity contribution in [2.75, 3.05) is 31.2 Å². The van der Waals surface area contributed by atoms with Gasteiger partial charge in [-0.25, -0.2) is 8.42 Å². The van der Waals surface area contributed by atoms with Crippen LogP contribution >= 0.6 is 0 Å². The first-order chi connectivity index (χ1) is 12.9. The predicted octanol–water partition coefficient (Wildman–Crippen LogP) is 1.26. The number of hydrogen-bond acceptors (Lipinski definition) is 6. The van der Waals surface area contributed by atoms with E-state index in [4.69, 9.17) is 9.47 Å². The number of carbonyl (C=O) groups is 2. The Morgan fingerprint density at radius 2 is 1.44 bits per heavy atom. The summed E-state index contributed by atoms with van der Waals surface area (Å²) < 4.78 is 38.5. The van der Waals surface area contributed by atoms with Gasteiger partial charge in [0.2, 0.25) is 21.8 Å². The Morgan fingerprint density at radius 3 is 2.00 bits per heavy atom. The summed E-state index contributed by atoms with van der Waals surface area (Å²) in [6.45, 7) is 1.74. The molecule has 3 heterocycles. The quantitative estimate of drug-likeness (QED) is 0.717. The first kappa shape index (κ1) is 18.5. The Labute approximate surface area is 158 Å². The molecule has 9 heteroatoms. The van der Waals surface area contributed by atoms with Crippen molar-refractivity contribution in [1.82, 2.24) is 4.31 Å². The lowest BCUT2D eigenvalue weighted by Gasteiger charge is -2.36. The number of imide groups is 1. The van der Waals surface area contributed by atoms with Crippen LogP contribution in [0.2, 0.25) is 0 Å². The Hall–Kier alpha value is -1.81. The second-order valence-corrected chi connectivity index (χ2v) is 8.92. The number of benzene rings is 1. The summed E-state index contributed by atoms with van der Waals surface area (Å²) in [6, 6.07) is 5.94. The number of anilines is 1. The van der Waals surface area contributed by atoms with Crippen LogP contribution in [0.1, 0.15) is 32.1 Å². The van der Waals surface area contributed by atoms with Gasteiger partial charge in [-0.15, -0.1) is 0 Å². The number of piperidine rings is 2. The number of ether oxygens (including phenoxy) is 2. The van der Waals surface area contributed by atoms with Gasteiger partial charge >= 0.3 is 0 Å². The van der Waals surface area contributed by atoms with E-state index >= 15 is 0 Å². The van der Waals surface area contributed by atoms with E-state index in [1.807, 2.05) is 0 Å². The molecular formula is C18H22N2O6S. The normalized spacial score (nSPS) is 23.9. The third-order valence-electron chi connectivity index (χ3n) is 5.31. The summed E-state index contributed by atoms with van der Waals surface area (Å²) in [5.41, 5.74) is 0.411. The summed E-state index contributed by atoms with van der Waals surface area (Å²) in [5, 5.41) is 0. The van der Waals surface area contributed by atoms with E-state index in [1.165, 1.54) is 28.6 Å². The van der Waals surface area contributed by atoms with Gasteiger partial charge in [0, 0.05) is 38.8 Å². The molecule has 3 saturated heterocycles. The second-order valence-electron chi connectivity index (χ2n) is 6.98. The van der Waals surface area contributed by atoms with Crippen LogP contribution in [0.5, 0.6) is 0 Å². The van der Waals surface area contributed by atoms with Gasteiger partial charge in [0.25, 0.3) is 0 Å². The molecule has 1 aromatic carbocycles. The van der Waals surface area contributed by atoms with Gasteiger partial charge in [0.15, 0.2) is 5.79 Å². The highest BCUT2D eigenvalue weighted by molar-refractivity contribution is 7.89. The minimum atomic E-state index is -3.65. The van der Waals surface area contributed by atoms with Gasteiger partial charge in [0.05, 0.1) is 23.8 Å². The van der Waals surface area contributed by atoms with Crippen molar-refractivity contribution in [3.8, 4) is 0 Å². The fourth-order valence-electron chi connectivity index (χ4n) is 3.81. The van der Waals surface area contributed by atoms with Gasteiger partial charge in [-0.3, -0.25) is 14.5 Å². The number of rotatable bonds is 3. The number of carbonyl (C=O) groups excluding carboxylic acids is 2. The highest BCUT2D eigenvalue weighted by atomic mass is 32.2. The van der Waals surface area contributed by atoms with Crippen molar-refractivity contribution < 1.29 is 27.5 Å². The monoisotopic (exact) mass is 394 g/mol. The number of hydrogen-bond donors (Lipinski definition) is 0. The van der Waals surface area contributed by atoms with Gasteiger partial charge in [-0.2, -0.15) is 4.31 Å². The third-order valence-corrected chi connectivity index (χ3v) is 7.22. The molecular weight excluding hydrogens is 372 g/mol. The van der Waals surface area contributed by atoms with Crippen molar-refractivity contribution in [3.05, 3.63) is 24.3 Å². The van der Waals surface area contributed by atoms with Crippen LogP contribution in [0, 0.1) is 0 Å². The van der Waals surface area contributed by atoms with Crippen molar-refractivity contribution in [2.45, 2.75) is 42.8 Å². The topological polar surface area (TPSA) is 93.2 Å². The minimum absolute atomic E-state index is 0.146. The third kappa shape index (κ3) is 3.40. The molecule has 0 bridgehead atoms. The highest BCUT2D eigenvalue weighted by Crippen LogP contribution is 2.33. The van der Waals surface area contributed by atoms with Crippen LogP contribution in [-0.4, -0.2) is 56.6 Å². The van der Waals surface area contributed by atoms with Gasteiger partial charge in [0.1, 0.15) is 0 Å². The van der Waals surface area contributed by atoms with E-state index in [9.17, 15) is 18.0 Å². The fraction of sp³-hybridized carbons (Fsp3) is 0.556.